The molecule has 1 amide bonds. The van der Waals surface area contributed by atoms with E-state index < -0.39 is 25.0 Å². The van der Waals surface area contributed by atoms with Gasteiger partial charge in [-0.25, -0.2) is 4.79 Å². The lowest BCUT2D eigenvalue weighted by Gasteiger charge is -2.22. The quantitative estimate of drug-likeness (QED) is 0.313. The normalized spacial score (nSPS) is 16.2. The smallest absolute Gasteiger partial charge is 0.459 e. The molecule has 2 aromatic carbocycles. The zero-order valence-corrected chi connectivity index (χ0v) is 21.1. The molecule has 36 heavy (non-hydrogen) atoms. The van der Waals surface area contributed by atoms with Gasteiger partial charge in [0, 0.05) is 11.1 Å². The van der Waals surface area contributed by atoms with E-state index in [1.807, 2.05) is 13.8 Å². The van der Waals surface area contributed by atoms with E-state index in [1.165, 1.54) is 0 Å². The molecule has 1 unspecified atom stereocenters. The summed E-state index contributed by atoms with van der Waals surface area (Å²) in [5.41, 5.74) is 3.87. The largest absolute Gasteiger partial charge is 0.492 e. The molecule has 0 saturated carbocycles. The molecule has 0 spiro atoms. The summed E-state index contributed by atoms with van der Waals surface area (Å²) in [6, 6.07) is 9.70. The second-order valence-electron chi connectivity index (χ2n) is 9.88. The van der Waals surface area contributed by atoms with Crippen LogP contribution in [-0.2, 0) is 27.4 Å². The summed E-state index contributed by atoms with van der Waals surface area (Å²) in [4.78, 5) is 40.5. The number of fused-ring (bicyclic) bond motifs is 1. The number of nitrogens with zero attached hydrogens (tertiary/aromatic N) is 1. The van der Waals surface area contributed by atoms with Crippen LogP contribution in [0.1, 0.15) is 64.1 Å². The monoisotopic (exact) mass is 492 g/mol. The summed E-state index contributed by atoms with van der Waals surface area (Å²) in [6.45, 7) is 8.13. The summed E-state index contributed by atoms with van der Waals surface area (Å²) in [7, 11) is -1.06. The van der Waals surface area contributed by atoms with Gasteiger partial charge in [-0.1, -0.05) is 44.2 Å². The van der Waals surface area contributed by atoms with Crippen molar-refractivity contribution in [3.05, 3.63) is 64.2 Å². The average Bonchev–Trinajstić information content (AvgIpc) is 3.51. The number of amides is 1. The van der Waals surface area contributed by atoms with Gasteiger partial charge < -0.3 is 19.7 Å². The predicted molar refractivity (Wildman–Crippen MR) is 136 cm³/mol. The number of esters is 1. The summed E-state index contributed by atoms with van der Waals surface area (Å²) in [5, 5.41) is 12.9. The lowest BCUT2D eigenvalue weighted by Crippen LogP contribution is -2.46. The van der Waals surface area contributed by atoms with Crippen LogP contribution >= 0.6 is 0 Å². The molecule has 0 aromatic heterocycles. The first-order valence-corrected chi connectivity index (χ1v) is 12.5. The molecule has 8 nitrogen and oxygen atoms in total. The van der Waals surface area contributed by atoms with Crippen LogP contribution in [-0.4, -0.2) is 60.4 Å². The molecule has 0 bridgehead atoms. The molecule has 2 heterocycles. The number of carbonyl (C=O) groups excluding carboxylic acids is 3. The lowest BCUT2D eigenvalue weighted by molar-refractivity contribution is -0.148. The third-order valence-electron chi connectivity index (χ3n) is 6.92. The standard InChI is InChI=1S/C27H33BN2O6/c1-17(2)25(29-26(32)22-11-10-21-16-36-28(34)24(21)18(22)3)27(33)35-15-19-6-8-20(9-7-19)23(31)14-30-12-4-5-13-30/h6-11,17,25,34H,4-5,12-16H2,1-3H3,(H,29,32). The lowest BCUT2D eigenvalue weighted by atomic mass is 9.75. The summed E-state index contributed by atoms with van der Waals surface area (Å²) >= 11 is 0. The molecule has 4 rings (SSSR count). The number of ether oxygens (including phenoxy) is 1. The van der Waals surface area contributed by atoms with Gasteiger partial charge in [0.1, 0.15) is 12.6 Å². The zero-order chi connectivity index (χ0) is 25.8. The van der Waals surface area contributed by atoms with Crippen LogP contribution in [0.15, 0.2) is 36.4 Å². The first kappa shape index (κ1) is 26.1. The molecule has 9 heteroatoms. The number of carbonyl (C=O) groups is 3. The van der Waals surface area contributed by atoms with Crippen molar-refractivity contribution in [2.75, 3.05) is 19.6 Å². The number of hydrogen-bond acceptors (Lipinski definition) is 7. The number of hydrogen-bond donors (Lipinski definition) is 2. The molecule has 1 fully saturated rings. The Morgan fingerprint density at radius 1 is 1.11 bits per heavy atom. The van der Waals surface area contributed by atoms with Crippen LogP contribution in [0, 0.1) is 12.8 Å². The number of likely N-dealkylation sites (tertiary alicyclic amines) is 1. The van der Waals surface area contributed by atoms with Gasteiger partial charge in [-0.2, -0.15) is 0 Å². The van der Waals surface area contributed by atoms with Crippen molar-refractivity contribution in [1.82, 2.24) is 10.2 Å². The van der Waals surface area contributed by atoms with E-state index in [1.54, 1.807) is 43.3 Å². The van der Waals surface area contributed by atoms with E-state index in [9.17, 15) is 19.4 Å². The van der Waals surface area contributed by atoms with E-state index in [-0.39, 0.29) is 18.3 Å². The Bertz CT molecular complexity index is 1130. The molecule has 0 aliphatic carbocycles. The zero-order valence-electron chi connectivity index (χ0n) is 21.1. The van der Waals surface area contributed by atoms with Crippen LogP contribution < -0.4 is 10.8 Å². The van der Waals surface area contributed by atoms with Crippen LogP contribution in [0.25, 0.3) is 0 Å². The Hall–Kier alpha value is -3.01. The van der Waals surface area contributed by atoms with E-state index in [4.69, 9.17) is 9.39 Å². The van der Waals surface area contributed by atoms with Gasteiger partial charge in [-0.15, -0.1) is 0 Å². The second-order valence-corrected chi connectivity index (χ2v) is 9.88. The van der Waals surface area contributed by atoms with Gasteiger partial charge in [0.05, 0.1) is 13.2 Å². The molecule has 1 saturated heterocycles. The highest BCUT2D eigenvalue weighted by Crippen LogP contribution is 2.17. The van der Waals surface area contributed by atoms with Crippen LogP contribution in [0.4, 0.5) is 0 Å². The molecule has 0 radical (unpaired) electrons. The maximum absolute atomic E-state index is 13.0. The van der Waals surface area contributed by atoms with Crippen molar-refractivity contribution in [1.29, 1.82) is 0 Å². The van der Waals surface area contributed by atoms with Crippen molar-refractivity contribution in [2.45, 2.75) is 52.9 Å². The third-order valence-corrected chi connectivity index (χ3v) is 6.92. The minimum absolute atomic E-state index is 0.0416. The van der Waals surface area contributed by atoms with E-state index in [2.05, 4.69) is 10.2 Å². The Morgan fingerprint density at radius 3 is 2.47 bits per heavy atom. The first-order chi connectivity index (χ1) is 17.2. The van der Waals surface area contributed by atoms with Gasteiger partial charge in [0.2, 0.25) is 0 Å². The highest BCUT2D eigenvalue weighted by atomic mass is 16.5. The Morgan fingerprint density at radius 2 is 1.81 bits per heavy atom. The molecule has 2 aliphatic rings. The Balaban J connectivity index is 1.35. The number of benzene rings is 2. The fraction of sp³-hybridized carbons (Fsp3) is 0.444. The third kappa shape index (κ3) is 5.86. The highest BCUT2D eigenvalue weighted by Gasteiger charge is 2.32. The fourth-order valence-electron chi connectivity index (χ4n) is 4.74. The van der Waals surface area contributed by atoms with Crippen molar-refractivity contribution in [2.24, 2.45) is 5.92 Å². The minimum atomic E-state index is -1.06. The average molecular weight is 492 g/mol. The molecule has 190 valence electrons. The van der Waals surface area contributed by atoms with Crippen LogP contribution in [0.2, 0.25) is 0 Å². The number of rotatable bonds is 9. The molecule has 1 atom stereocenters. The van der Waals surface area contributed by atoms with Crippen LogP contribution in [0.5, 0.6) is 0 Å². The maximum Gasteiger partial charge on any atom is 0.492 e. The van der Waals surface area contributed by atoms with Gasteiger partial charge in [0.25, 0.3) is 5.91 Å². The highest BCUT2D eigenvalue weighted by molar-refractivity contribution is 6.62. The van der Waals surface area contributed by atoms with Crippen molar-refractivity contribution in [3.8, 4) is 0 Å². The first-order valence-electron chi connectivity index (χ1n) is 12.5. The topological polar surface area (TPSA) is 105 Å². The van der Waals surface area contributed by atoms with Gasteiger partial charge in [-0.05, 0) is 67.0 Å². The van der Waals surface area contributed by atoms with Crippen molar-refractivity contribution < 1.29 is 28.8 Å². The maximum atomic E-state index is 13.0. The van der Waals surface area contributed by atoms with Crippen LogP contribution in [0.3, 0.4) is 0 Å². The van der Waals surface area contributed by atoms with E-state index in [0.717, 1.165) is 37.1 Å². The van der Waals surface area contributed by atoms with E-state index >= 15 is 0 Å². The molecular formula is C27H33BN2O6. The molecular weight excluding hydrogens is 459 g/mol. The number of ketones is 1. The van der Waals surface area contributed by atoms with Crippen molar-refractivity contribution >= 4 is 30.2 Å². The molecule has 2 N–H and O–H groups in total. The van der Waals surface area contributed by atoms with Gasteiger partial charge >= 0.3 is 13.1 Å². The summed E-state index contributed by atoms with van der Waals surface area (Å²) in [6.07, 6.45) is 2.28. The van der Waals surface area contributed by atoms with Gasteiger partial charge in [-0.3, -0.25) is 14.5 Å². The molecule has 2 aromatic rings. The molecule has 2 aliphatic heterocycles. The number of nitrogens with one attached hydrogen (secondary N) is 1. The fourth-order valence-corrected chi connectivity index (χ4v) is 4.74. The Labute approximate surface area is 212 Å². The minimum Gasteiger partial charge on any atom is -0.459 e. The summed E-state index contributed by atoms with van der Waals surface area (Å²) in [5.74, 6) is -1.06. The van der Waals surface area contributed by atoms with Gasteiger partial charge in [0.15, 0.2) is 5.78 Å². The SMILES string of the molecule is Cc1c(C(=O)NC(C(=O)OCc2ccc(C(=O)CN3CCCC3)cc2)C(C)C)ccc2c1B(O)OC2. The Kier molecular flexibility index (Phi) is 8.23. The number of Topliss-reactive ketones (excluding diaryl/α,β-unsaturated/α-hetero) is 1. The van der Waals surface area contributed by atoms with E-state index in [0.29, 0.717) is 35.3 Å². The van der Waals surface area contributed by atoms with Crippen molar-refractivity contribution in [3.63, 3.8) is 0 Å². The summed E-state index contributed by atoms with van der Waals surface area (Å²) < 4.78 is 10.8. The predicted octanol–water partition coefficient (Wildman–Crippen LogP) is 1.99. The second kappa shape index (κ2) is 11.4.